The summed E-state index contributed by atoms with van der Waals surface area (Å²) in [6.07, 6.45) is 0. The highest BCUT2D eigenvalue weighted by molar-refractivity contribution is 5.86. The number of hydrazone groups is 4. The summed E-state index contributed by atoms with van der Waals surface area (Å²) in [7, 11) is 0. The number of nitrogens with one attached hydrogen (secondary N) is 4. The summed E-state index contributed by atoms with van der Waals surface area (Å²) in [5.41, 5.74) is 10.6. The molecular weight excluding hydrogens is 510 g/mol. The second kappa shape index (κ2) is 19.0. The number of nitrogens with zero attached hydrogens (tertiary/aromatic N) is 7. The summed E-state index contributed by atoms with van der Waals surface area (Å²) in [6, 6.07) is 7.04. The first-order chi connectivity index (χ1) is 18.9. The van der Waals surface area contributed by atoms with Crippen LogP contribution in [0.15, 0.2) is 44.7 Å². The van der Waals surface area contributed by atoms with Crippen molar-refractivity contribution in [3.63, 3.8) is 0 Å². The van der Waals surface area contributed by atoms with E-state index in [0.717, 1.165) is 5.56 Å². The molecule has 21 N–H and O–H groups in total. The number of phenols is 1. The van der Waals surface area contributed by atoms with Crippen LogP contribution in [0.2, 0.25) is 0 Å². The molecule has 0 aliphatic heterocycles. The van der Waals surface area contributed by atoms with Gasteiger partial charge in [0.25, 0.3) is 0 Å². The molecular formula is C19H43N19O. The summed E-state index contributed by atoms with van der Waals surface area (Å²) < 4.78 is 0. The molecule has 0 aliphatic carbocycles. The zero-order valence-electron chi connectivity index (χ0n) is 21.9. The lowest BCUT2D eigenvalue weighted by molar-refractivity contribution is 0.206. The lowest BCUT2D eigenvalue weighted by atomic mass is 10.2. The van der Waals surface area contributed by atoms with Crippen molar-refractivity contribution >= 4 is 23.3 Å². The molecule has 0 saturated carbocycles. The number of aromatic hydroxyl groups is 1. The Morgan fingerprint density at radius 2 is 0.949 bits per heavy atom. The van der Waals surface area contributed by atoms with E-state index in [4.69, 9.17) is 46.7 Å². The van der Waals surface area contributed by atoms with Crippen LogP contribution in [0.3, 0.4) is 0 Å². The highest BCUT2D eigenvalue weighted by Gasteiger charge is 2.18. The monoisotopic (exact) mass is 553 g/mol. The number of hydrazine groups is 4. The second-order valence-corrected chi connectivity index (χ2v) is 8.21. The number of phenolic OH excluding ortho intramolecular Hbond substituents is 1. The SMILES string of the molecule is N/N=C(/CN(CCN(C/C(=N/N)NN)C/C(=N/N)NN)CCN(C/C(=N/N)NN)Cc1ccccc1O)NN. The predicted octanol–water partition coefficient (Wildman–Crippen LogP) is -6.26. The predicted molar refractivity (Wildman–Crippen MR) is 152 cm³/mol. The molecule has 0 unspecified atom stereocenters. The van der Waals surface area contributed by atoms with Gasteiger partial charge < -0.3 is 50.2 Å². The fourth-order valence-electron chi connectivity index (χ4n) is 3.49. The lowest BCUT2D eigenvalue weighted by Gasteiger charge is -2.30. The maximum Gasteiger partial charge on any atom is 0.150 e. The minimum Gasteiger partial charge on any atom is -0.508 e. The van der Waals surface area contributed by atoms with Crippen LogP contribution >= 0.6 is 0 Å². The maximum absolute atomic E-state index is 10.3. The van der Waals surface area contributed by atoms with Crippen molar-refractivity contribution in [2.75, 3.05) is 52.4 Å². The van der Waals surface area contributed by atoms with Crippen molar-refractivity contribution in [1.82, 2.24) is 36.4 Å². The molecule has 220 valence electrons. The first kappa shape index (κ1) is 32.8. The molecule has 0 heterocycles. The minimum atomic E-state index is 0.170. The average Bonchev–Trinajstić information content (AvgIpc) is 2.96. The van der Waals surface area contributed by atoms with Crippen molar-refractivity contribution in [1.29, 1.82) is 0 Å². The number of amidine groups is 4. The fraction of sp³-hybridized carbons (Fsp3) is 0.474. The van der Waals surface area contributed by atoms with Gasteiger partial charge in [0.15, 0.2) is 0 Å². The number of benzene rings is 1. The summed E-state index contributed by atoms with van der Waals surface area (Å²) in [4.78, 5) is 5.97. The average molecular weight is 554 g/mol. The van der Waals surface area contributed by atoms with Gasteiger partial charge in [-0.1, -0.05) is 18.2 Å². The van der Waals surface area contributed by atoms with Gasteiger partial charge in [-0.15, -0.1) is 0 Å². The van der Waals surface area contributed by atoms with E-state index in [1.807, 2.05) is 21.9 Å². The van der Waals surface area contributed by atoms with Crippen LogP contribution in [0, 0.1) is 0 Å². The third-order valence-electron chi connectivity index (χ3n) is 5.63. The largest absolute Gasteiger partial charge is 0.508 e. The summed E-state index contributed by atoms with van der Waals surface area (Å²) in [5.74, 6) is 45.4. The molecule has 0 radical (unpaired) electrons. The Morgan fingerprint density at radius 1 is 0.590 bits per heavy atom. The van der Waals surface area contributed by atoms with E-state index < -0.39 is 0 Å². The van der Waals surface area contributed by atoms with Gasteiger partial charge in [0, 0.05) is 38.3 Å². The molecule has 0 amide bonds. The molecule has 20 heteroatoms. The third-order valence-corrected chi connectivity index (χ3v) is 5.63. The second-order valence-electron chi connectivity index (χ2n) is 8.21. The summed E-state index contributed by atoms with van der Waals surface area (Å²) in [6.45, 7) is 3.52. The van der Waals surface area contributed by atoms with E-state index in [1.165, 1.54) is 0 Å². The van der Waals surface area contributed by atoms with Crippen LogP contribution in [0.5, 0.6) is 5.75 Å². The quantitative estimate of drug-likeness (QED) is 0.0391. The molecule has 0 bridgehead atoms. The van der Waals surface area contributed by atoms with Crippen LogP contribution in [-0.4, -0.2) is 95.5 Å². The van der Waals surface area contributed by atoms with Gasteiger partial charge >= 0.3 is 0 Å². The van der Waals surface area contributed by atoms with Crippen LogP contribution in [0.1, 0.15) is 5.56 Å². The molecule has 0 saturated heterocycles. The number of hydrogen-bond donors (Lipinski definition) is 13. The van der Waals surface area contributed by atoms with Gasteiger partial charge in [-0.2, -0.15) is 20.4 Å². The van der Waals surface area contributed by atoms with Crippen LogP contribution in [0.25, 0.3) is 0 Å². The van der Waals surface area contributed by atoms with Gasteiger partial charge in [-0.3, -0.25) is 14.7 Å². The Bertz CT molecular complexity index is 928. The Kier molecular flexibility index (Phi) is 16.0. The smallest absolute Gasteiger partial charge is 0.150 e. The summed E-state index contributed by atoms with van der Waals surface area (Å²) in [5, 5.41) is 24.9. The molecule has 1 aromatic carbocycles. The first-order valence-electron chi connectivity index (χ1n) is 11.7. The molecule has 39 heavy (non-hydrogen) atoms. The van der Waals surface area contributed by atoms with E-state index in [0.29, 0.717) is 69.2 Å². The van der Waals surface area contributed by atoms with Gasteiger partial charge in [0.05, 0.1) is 26.2 Å². The molecule has 0 fully saturated rings. The third kappa shape index (κ3) is 12.3. The van der Waals surface area contributed by atoms with Crippen molar-refractivity contribution in [3.8, 4) is 5.75 Å². The Hall–Kier alpha value is -4.18. The number of hydrogen-bond acceptors (Lipinski definition) is 16. The highest BCUT2D eigenvalue weighted by atomic mass is 16.3. The van der Waals surface area contributed by atoms with E-state index in [-0.39, 0.29) is 18.8 Å². The minimum absolute atomic E-state index is 0.170. The van der Waals surface area contributed by atoms with Gasteiger partial charge in [0.1, 0.15) is 29.1 Å². The maximum atomic E-state index is 10.3. The van der Waals surface area contributed by atoms with E-state index in [9.17, 15) is 5.11 Å². The van der Waals surface area contributed by atoms with Crippen LogP contribution < -0.4 is 68.4 Å². The molecule has 0 aliphatic rings. The Balaban J connectivity index is 3.10. The lowest BCUT2D eigenvalue weighted by Crippen LogP contribution is -2.50. The zero-order valence-corrected chi connectivity index (χ0v) is 21.9. The zero-order chi connectivity index (χ0) is 29.0. The van der Waals surface area contributed by atoms with Gasteiger partial charge in [-0.05, 0) is 6.07 Å². The van der Waals surface area contributed by atoms with E-state index in [2.05, 4.69) is 47.0 Å². The van der Waals surface area contributed by atoms with E-state index >= 15 is 0 Å². The Morgan fingerprint density at radius 3 is 1.36 bits per heavy atom. The molecule has 0 spiro atoms. The topological polar surface area (TPSA) is 336 Å². The van der Waals surface area contributed by atoms with Crippen LogP contribution in [-0.2, 0) is 6.54 Å². The van der Waals surface area contributed by atoms with Crippen LogP contribution in [0.4, 0.5) is 0 Å². The van der Waals surface area contributed by atoms with E-state index in [1.54, 1.807) is 12.1 Å². The fourth-order valence-corrected chi connectivity index (χ4v) is 3.49. The molecule has 0 atom stereocenters. The number of rotatable bonds is 16. The molecule has 0 aromatic heterocycles. The van der Waals surface area contributed by atoms with Crippen molar-refractivity contribution < 1.29 is 5.11 Å². The summed E-state index contributed by atoms with van der Waals surface area (Å²) >= 11 is 0. The van der Waals surface area contributed by atoms with Crippen molar-refractivity contribution in [2.24, 2.45) is 67.1 Å². The van der Waals surface area contributed by atoms with Gasteiger partial charge in [-0.25, -0.2) is 23.4 Å². The Labute approximate surface area is 227 Å². The molecule has 1 aromatic rings. The molecule has 20 nitrogen and oxygen atoms in total. The van der Waals surface area contributed by atoms with Crippen molar-refractivity contribution in [3.05, 3.63) is 29.8 Å². The number of para-hydroxylation sites is 1. The van der Waals surface area contributed by atoms with Crippen molar-refractivity contribution in [2.45, 2.75) is 6.54 Å². The normalized spacial score (nSPS) is 13.3. The number of nitrogens with two attached hydrogens (primary N) is 8. The van der Waals surface area contributed by atoms with Gasteiger partial charge in [0.2, 0.25) is 0 Å². The highest BCUT2D eigenvalue weighted by Crippen LogP contribution is 2.17. The standard InChI is InChI=1S/C19H43N19O/c20-28-16(29-21)10-36(6-8-38(12-18(32-24)33-25)13-19(34-26)35-27)5-7-37(11-17(30-22)31-23)9-14-3-1-2-4-15(14)39/h1-4,39H,5-13,20-27H2,(H,28,29)(H,30,31)(H,32,33)(H,34,35). The first-order valence-corrected chi connectivity index (χ1v) is 11.7. The molecule has 1 rings (SSSR count).